The fourth-order valence-electron chi connectivity index (χ4n) is 6.90. The Kier molecular flexibility index (Phi) is 9.18. The largest absolute Gasteiger partial charge is 0.550 e. The van der Waals surface area contributed by atoms with Crippen LogP contribution < -0.4 is 5.11 Å². The second-order valence-electron chi connectivity index (χ2n) is 13.5. The van der Waals surface area contributed by atoms with Crippen molar-refractivity contribution in [2.75, 3.05) is 6.54 Å². The highest BCUT2D eigenvalue weighted by molar-refractivity contribution is 6.06. The minimum Gasteiger partial charge on any atom is -0.550 e. The number of carbonyl (C=O) groups is 3. The van der Waals surface area contributed by atoms with Gasteiger partial charge in [0.2, 0.25) is 0 Å². The summed E-state index contributed by atoms with van der Waals surface area (Å²) >= 11 is 0. The number of hydrogen-bond acceptors (Lipinski definition) is 5. The Bertz CT molecular complexity index is 1090. The number of hydrogen-bond donors (Lipinski definition) is 0. The Morgan fingerprint density at radius 1 is 0.744 bits per heavy atom. The maximum absolute atomic E-state index is 13.8. The van der Waals surface area contributed by atoms with Gasteiger partial charge in [0, 0.05) is 53.8 Å². The van der Waals surface area contributed by atoms with Crippen molar-refractivity contribution in [2.24, 2.45) is 10.8 Å². The molecule has 212 valence electrons. The molecule has 5 heteroatoms. The molecule has 0 N–H and O–H groups in total. The van der Waals surface area contributed by atoms with Gasteiger partial charge in [-0.15, -0.1) is 0 Å². The van der Waals surface area contributed by atoms with E-state index >= 15 is 0 Å². The normalized spacial score (nSPS) is 20.8. The Morgan fingerprint density at radius 3 is 1.69 bits per heavy atom. The lowest BCUT2D eigenvalue weighted by atomic mass is 9.63. The van der Waals surface area contributed by atoms with E-state index in [2.05, 4.69) is 44.7 Å². The maximum Gasteiger partial charge on any atom is 0.162 e. The first-order valence-corrected chi connectivity index (χ1v) is 15.0. The van der Waals surface area contributed by atoms with Gasteiger partial charge in [-0.25, -0.2) is 0 Å². The molecule has 1 aromatic carbocycles. The van der Waals surface area contributed by atoms with Crippen LogP contribution >= 0.6 is 0 Å². The van der Waals surface area contributed by atoms with Crippen molar-refractivity contribution in [1.29, 1.82) is 0 Å². The van der Waals surface area contributed by atoms with E-state index in [4.69, 9.17) is 0 Å². The van der Waals surface area contributed by atoms with Gasteiger partial charge in [-0.05, 0) is 48.5 Å². The third-order valence-electron chi connectivity index (χ3n) is 8.67. The van der Waals surface area contributed by atoms with Crippen molar-refractivity contribution in [3.05, 3.63) is 58.4 Å². The Labute approximate surface area is 234 Å². The van der Waals surface area contributed by atoms with Crippen LogP contribution in [-0.2, 0) is 14.4 Å². The summed E-state index contributed by atoms with van der Waals surface area (Å²) in [4.78, 5) is 40.5. The number of ketones is 2. The summed E-state index contributed by atoms with van der Waals surface area (Å²) in [6.45, 7) is 9.61. The van der Waals surface area contributed by atoms with Crippen LogP contribution in [0.3, 0.4) is 0 Å². The van der Waals surface area contributed by atoms with Crippen LogP contribution in [0.25, 0.3) is 0 Å². The highest BCUT2D eigenvalue weighted by Crippen LogP contribution is 2.54. The van der Waals surface area contributed by atoms with Gasteiger partial charge in [-0.3, -0.25) is 9.59 Å². The van der Waals surface area contributed by atoms with Crippen molar-refractivity contribution in [3.63, 3.8) is 0 Å². The Balaban J connectivity index is 1.54. The van der Waals surface area contributed by atoms with Gasteiger partial charge in [0.25, 0.3) is 0 Å². The number of Topliss-reactive ketones (excluding diaryl/α,β-unsaturated/α-hetero) is 2. The number of allylic oxidation sites excluding steroid dienone is 4. The van der Waals surface area contributed by atoms with Crippen LogP contribution in [-0.4, -0.2) is 29.0 Å². The molecule has 0 radical (unpaired) electrons. The molecule has 0 aromatic heterocycles. The van der Waals surface area contributed by atoms with E-state index in [0.717, 1.165) is 92.4 Å². The minimum atomic E-state index is -0.953. The van der Waals surface area contributed by atoms with E-state index in [-0.39, 0.29) is 34.7 Å². The smallest absolute Gasteiger partial charge is 0.162 e. The molecule has 0 spiro atoms. The molecule has 0 fully saturated rings. The standard InChI is InChI=1S/C34H47NO4/c1-33(2)20-25-31(27(36)22-33)30(24-16-12-11-13-17-24)32-26(21-34(3,4)23-28(32)37)35(25)19-15-10-8-6-5-7-9-14-18-29(38)39/h11-13,16-17,30H,5-10,14-15,18-23H2,1-4H3,(H,38,39)/p-1. The Hall–Kier alpha value is -2.69. The lowest BCUT2D eigenvalue weighted by molar-refractivity contribution is -0.305. The number of unbranched alkanes of at least 4 members (excludes halogenated alkanes) is 7. The predicted octanol–water partition coefficient (Wildman–Crippen LogP) is 6.63. The van der Waals surface area contributed by atoms with Crippen LogP contribution in [0.2, 0.25) is 0 Å². The number of carbonyl (C=O) groups excluding carboxylic acids is 3. The summed E-state index contributed by atoms with van der Waals surface area (Å²) in [5.41, 5.74) is 4.90. The molecule has 4 rings (SSSR count). The topological polar surface area (TPSA) is 77.5 Å². The third-order valence-corrected chi connectivity index (χ3v) is 8.67. The summed E-state index contributed by atoms with van der Waals surface area (Å²) in [6, 6.07) is 10.2. The average molecular weight is 533 g/mol. The molecule has 0 saturated heterocycles. The monoisotopic (exact) mass is 532 g/mol. The lowest BCUT2D eigenvalue weighted by Gasteiger charge is -2.49. The molecule has 0 amide bonds. The highest BCUT2D eigenvalue weighted by Gasteiger charge is 2.48. The zero-order chi connectivity index (χ0) is 28.2. The Morgan fingerprint density at radius 2 is 1.21 bits per heavy atom. The molecular formula is C34H46NO4-. The zero-order valence-electron chi connectivity index (χ0n) is 24.4. The molecule has 0 bridgehead atoms. The first-order valence-electron chi connectivity index (χ1n) is 15.0. The molecule has 5 nitrogen and oxygen atoms in total. The summed E-state index contributed by atoms with van der Waals surface area (Å²) in [7, 11) is 0. The van der Waals surface area contributed by atoms with Crippen molar-refractivity contribution >= 4 is 17.5 Å². The number of carboxylic acids is 1. The summed E-state index contributed by atoms with van der Waals surface area (Å²) in [6.07, 6.45) is 11.2. The van der Waals surface area contributed by atoms with Crippen molar-refractivity contribution in [2.45, 2.75) is 117 Å². The predicted molar refractivity (Wildman–Crippen MR) is 153 cm³/mol. The van der Waals surface area contributed by atoms with Gasteiger partial charge in [-0.2, -0.15) is 0 Å². The molecule has 39 heavy (non-hydrogen) atoms. The van der Waals surface area contributed by atoms with Gasteiger partial charge in [0.1, 0.15) is 0 Å². The number of rotatable bonds is 12. The van der Waals surface area contributed by atoms with Gasteiger partial charge in [0.05, 0.1) is 0 Å². The second kappa shape index (κ2) is 12.2. The molecule has 3 aliphatic rings. The highest BCUT2D eigenvalue weighted by atomic mass is 16.4. The molecule has 1 aromatic rings. The van der Waals surface area contributed by atoms with E-state index in [1.807, 2.05) is 18.2 Å². The van der Waals surface area contributed by atoms with E-state index in [9.17, 15) is 19.5 Å². The van der Waals surface area contributed by atoms with E-state index < -0.39 is 5.97 Å². The quantitative estimate of drug-likeness (QED) is 0.282. The van der Waals surface area contributed by atoms with Crippen molar-refractivity contribution in [3.8, 4) is 0 Å². The van der Waals surface area contributed by atoms with Crippen LogP contribution in [0.4, 0.5) is 0 Å². The van der Waals surface area contributed by atoms with Crippen molar-refractivity contribution < 1.29 is 19.5 Å². The zero-order valence-corrected chi connectivity index (χ0v) is 24.4. The second-order valence-corrected chi connectivity index (χ2v) is 13.5. The molecule has 1 aliphatic heterocycles. The molecule has 2 aliphatic carbocycles. The first kappa shape index (κ1) is 29.3. The SMILES string of the molecule is CC1(C)CC(=O)C2=C(C1)N(CCCCCCCCCCC(=O)[O-])C1=C(C(=O)CC(C)(C)C1)C2c1ccccc1. The minimum absolute atomic E-state index is 0.0988. The maximum atomic E-state index is 13.8. The van der Waals surface area contributed by atoms with Gasteiger partial charge in [-0.1, -0.05) is 96.6 Å². The molecule has 0 saturated carbocycles. The number of carboxylic acid groups (broad SMARTS) is 1. The average Bonchev–Trinajstić information content (AvgIpc) is 2.84. The van der Waals surface area contributed by atoms with E-state index in [0.29, 0.717) is 19.3 Å². The molecule has 1 heterocycles. The number of benzene rings is 1. The summed E-state index contributed by atoms with van der Waals surface area (Å²) in [5, 5.41) is 10.6. The van der Waals surface area contributed by atoms with Gasteiger partial charge < -0.3 is 14.8 Å². The van der Waals surface area contributed by atoms with E-state index in [1.165, 1.54) is 0 Å². The number of aliphatic carboxylic acids is 1. The van der Waals surface area contributed by atoms with Crippen molar-refractivity contribution in [1.82, 2.24) is 4.90 Å². The molecule has 0 unspecified atom stereocenters. The van der Waals surface area contributed by atoms with Gasteiger partial charge >= 0.3 is 0 Å². The fourth-order valence-corrected chi connectivity index (χ4v) is 6.90. The van der Waals surface area contributed by atoms with Gasteiger partial charge in [0.15, 0.2) is 11.6 Å². The summed E-state index contributed by atoms with van der Waals surface area (Å²) in [5.74, 6) is -0.812. The summed E-state index contributed by atoms with van der Waals surface area (Å²) < 4.78 is 0. The van der Waals surface area contributed by atoms with Crippen LogP contribution in [0.15, 0.2) is 52.9 Å². The van der Waals surface area contributed by atoms with E-state index in [1.54, 1.807) is 0 Å². The first-order chi connectivity index (χ1) is 18.5. The molecule has 0 atom stereocenters. The van der Waals surface area contributed by atoms with Crippen LogP contribution in [0.5, 0.6) is 0 Å². The lowest BCUT2D eigenvalue weighted by Crippen LogP contribution is -2.44. The van der Waals surface area contributed by atoms with Crippen LogP contribution in [0.1, 0.15) is 123 Å². The third kappa shape index (κ3) is 7.10. The number of nitrogens with zero attached hydrogens (tertiary/aromatic N) is 1. The fraction of sp³-hybridized carbons (Fsp3) is 0.618. The molecular weight excluding hydrogens is 486 g/mol. The van der Waals surface area contributed by atoms with Crippen LogP contribution in [0, 0.1) is 10.8 Å².